The van der Waals surface area contributed by atoms with Crippen LogP contribution in [0.4, 0.5) is 0 Å². The highest BCUT2D eigenvalue weighted by molar-refractivity contribution is 8.00. The van der Waals surface area contributed by atoms with E-state index in [2.05, 4.69) is 38.4 Å². The monoisotopic (exact) mass is 325 g/mol. The maximum atomic E-state index is 3.79. The molecule has 3 aliphatic heterocycles. The van der Waals surface area contributed by atoms with Crippen molar-refractivity contribution in [2.45, 2.75) is 74.8 Å². The lowest BCUT2D eigenvalue weighted by Gasteiger charge is -2.32. The van der Waals surface area contributed by atoms with Crippen LogP contribution in [0, 0.1) is 11.8 Å². The number of hydrogen-bond acceptors (Lipinski definition) is 6. The minimum absolute atomic E-state index is 0.413. The average Bonchev–Trinajstić information content (AvgIpc) is 3.15. The number of rotatable bonds is 4. The van der Waals surface area contributed by atoms with E-state index < -0.39 is 0 Å². The molecule has 126 valence electrons. The Morgan fingerprint density at radius 2 is 1.73 bits per heavy atom. The average molecular weight is 326 g/mol. The van der Waals surface area contributed by atoms with E-state index in [0.717, 1.165) is 11.8 Å². The molecule has 4 rings (SSSR count). The van der Waals surface area contributed by atoms with E-state index in [4.69, 9.17) is 0 Å². The normalized spacial score (nSPS) is 38.5. The van der Waals surface area contributed by atoms with Crippen LogP contribution in [0.25, 0.3) is 0 Å². The van der Waals surface area contributed by atoms with Gasteiger partial charge in [0.15, 0.2) is 0 Å². The standard InChI is InChI=1S/C16H31N5S/c1-2-4-12(5-3-1)6-7-14-20-21-15(18-19-16(21)22-14)13-8-10-17-11-9-13/h12-20H,1-11H2. The summed E-state index contributed by atoms with van der Waals surface area (Å²) in [6.07, 6.45) is 13.1. The number of piperidine rings is 1. The molecule has 4 fully saturated rings. The van der Waals surface area contributed by atoms with Gasteiger partial charge < -0.3 is 5.32 Å². The first-order chi connectivity index (χ1) is 10.9. The Bertz CT molecular complexity index is 356. The Kier molecular flexibility index (Phi) is 5.24. The van der Waals surface area contributed by atoms with Gasteiger partial charge in [0.25, 0.3) is 0 Å². The lowest BCUT2D eigenvalue weighted by atomic mass is 9.86. The van der Waals surface area contributed by atoms with Gasteiger partial charge in [0.1, 0.15) is 5.50 Å². The van der Waals surface area contributed by atoms with E-state index in [0.29, 0.717) is 17.0 Å². The lowest BCUT2D eigenvalue weighted by molar-refractivity contribution is 0.0942. The molecule has 4 N–H and O–H groups in total. The summed E-state index contributed by atoms with van der Waals surface area (Å²) in [5.74, 6) is 1.75. The van der Waals surface area contributed by atoms with Crippen molar-refractivity contribution in [1.82, 2.24) is 26.6 Å². The Labute approximate surface area is 138 Å². The number of fused-ring (bicyclic) bond motifs is 1. The number of hydrogen-bond donors (Lipinski definition) is 4. The summed E-state index contributed by atoms with van der Waals surface area (Å²) >= 11 is 2.06. The third-order valence-corrected chi connectivity index (χ3v) is 7.16. The quantitative estimate of drug-likeness (QED) is 0.634. The minimum Gasteiger partial charge on any atom is -0.317 e. The fourth-order valence-electron chi connectivity index (χ4n) is 4.54. The van der Waals surface area contributed by atoms with Crippen molar-refractivity contribution in [1.29, 1.82) is 0 Å². The largest absolute Gasteiger partial charge is 0.317 e. The molecule has 0 aromatic heterocycles. The maximum absolute atomic E-state index is 3.79. The van der Waals surface area contributed by atoms with Crippen LogP contribution in [0.1, 0.15) is 57.8 Å². The van der Waals surface area contributed by atoms with Crippen molar-refractivity contribution in [3.63, 3.8) is 0 Å². The molecule has 0 spiro atoms. The molecule has 6 heteroatoms. The fourth-order valence-corrected chi connectivity index (χ4v) is 5.77. The van der Waals surface area contributed by atoms with Crippen molar-refractivity contribution >= 4 is 11.8 Å². The second-order valence-corrected chi connectivity index (χ2v) is 8.70. The Morgan fingerprint density at radius 3 is 2.55 bits per heavy atom. The number of thioether (sulfide) groups is 1. The first-order valence-corrected chi connectivity index (χ1v) is 10.3. The molecule has 3 unspecified atom stereocenters. The van der Waals surface area contributed by atoms with Crippen molar-refractivity contribution in [2.24, 2.45) is 11.8 Å². The first-order valence-electron chi connectivity index (χ1n) is 9.32. The summed E-state index contributed by atoms with van der Waals surface area (Å²) in [4.78, 5) is 0. The molecule has 4 aliphatic rings. The predicted octanol–water partition coefficient (Wildman–Crippen LogP) is 1.94. The Morgan fingerprint density at radius 1 is 0.909 bits per heavy atom. The van der Waals surface area contributed by atoms with Crippen LogP contribution >= 0.6 is 11.8 Å². The molecule has 3 saturated heterocycles. The van der Waals surface area contributed by atoms with Gasteiger partial charge in [-0.15, -0.1) is 11.8 Å². The molecule has 5 nitrogen and oxygen atoms in total. The summed E-state index contributed by atoms with van der Waals surface area (Å²) in [6, 6.07) is 0. The molecule has 0 amide bonds. The van der Waals surface area contributed by atoms with Crippen molar-refractivity contribution in [2.75, 3.05) is 13.1 Å². The molecular formula is C16H31N5S. The van der Waals surface area contributed by atoms with Crippen LogP contribution < -0.4 is 21.6 Å². The second-order valence-electron chi connectivity index (χ2n) is 7.42. The van der Waals surface area contributed by atoms with Gasteiger partial charge in [-0.2, -0.15) is 5.01 Å². The summed E-state index contributed by atoms with van der Waals surface area (Å²) in [5.41, 5.74) is 11.2. The molecule has 0 aromatic carbocycles. The third-order valence-electron chi connectivity index (χ3n) is 5.89. The van der Waals surface area contributed by atoms with Crippen LogP contribution in [-0.4, -0.2) is 35.1 Å². The maximum Gasteiger partial charge on any atom is 0.136 e. The fraction of sp³-hybridized carbons (Fsp3) is 1.00. The topological polar surface area (TPSA) is 51.4 Å². The predicted molar refractivity (Wildman–Crippen MR) is 91.6 cm³/mol. The molecule has 1 saturated carbocycles. The smallest absolute Gasteiger partial charge is 0.136 e. The van der Waals surface area contributed by atoms with Gasteiger partial charge in [-0.1, -0.05) is 32.1 Å². The number of nitrogens with zero attached hydrogens (tertiary/aromatic N) is 1. The van der Waals surface area contributed by atoms with Gasteiger partial charge in [0.05, 0.1) is 11.5 Å². The van der Waals surface area contributed by atoms with E-state index in [1.54, 1.807) is 0 Å². The van der Waals surface area contributed by atoms with Crippen LogP contribution in [0.2, 0.25) is 0 Å². The summed E-state index contributed by atoms with van der Waals surface area (Å²) in [7, 11) is 0. The zero-order chi connectivity index (χ0) is 14.8. The molecule has 0 aromatic rings. The number of hydrazine groups is 2. The summed E-state index contributed by atoms with van der Waals surface area (Å²) < 4.78 is 0. The van der Waals surface area contributed by atoms with Crippen molar-refractivity contribution < 1.29 is 0 Å². The highest BCUT2D eigenvalue weighted by atomic mass is 32.2. The molecule has 0 radical (unpaired) electrons. The van der Waals surface area contributed by atoms with Gasteiger partial charge in [-0.3, -0.25) is 0 Å². The van der Waals surface area contributed by atoms with Gasteiger partial charge >= 0.3 is 0 Å². The SMILES string of the molecule is C1CCC(CCC2NN3C(NNC3C3CCNCC3)S2)CC1. The third kappa shape index (κ3) is 3.47. The lowest BCUT2D eigenvalue weighted by Crippen LogP contribution is -2.51. The highest BCUT2D eigenvalue weighted by Gasteiger charge is 2.44. The first kappa shape index (κ1) is 15.7. The second kappa shape index (κ2) is 7.36. The van der Waals surface area contributed by atoms with Crippen molar-refractivity contribution in [3.8, 4) is 0 Å². The van der Waals surface area contributed by atoms with Gasteiger partial charge in [-0.05, 0) is 50.6 Å². The van der Waals surface area contributed by atoms with Crippen molar-refractivity contribution in [3.05, 3.63) is 0 Å². The molecule has 3 heterocycles. The van der Waals surface area contributed by atoms with E-state index in [-0.39, 0.29) is 0 Å². The highest BCUT2D eigenvalue weighted by Crippen LogP contribution is 2.36. The van der Waals surface area contributed by atoms with Crippen LogP contribution in [0.15, 0.2) is 0 Å². The van der Waals surface area contributed by atoms with Gasteiger partial charge in [0, 0.05) is 0 Å². The van der Waals surface area contributed by atoms with Crippen LogP contribution in [-0.2, 0) is 0 Å². The van der Waals surface area contributed by atoms with Crippen LogP contribution in [0.5, 0.6) is 0 Å². The minimum atomic E-state index is 0.413. The van der Waals surface area contributed by atoms with E-state index in [1.165, 1.54) is 70.9 Å². The van der Waals surface area contributed by atoms with E-state index >= 15 is 0 Å². The van der Waals surface area contributed by atoms with Crippen LogP contribution in [0.3, 0.4) is 0 Å². The molecule has 22 heavy (non-hydrogen) atoms. The Balaban J connectivity index is 1.26. The molecule has 0 bridgehead atoms. The summed E-state index contributed by atoms with van der Waals surface area (Å²) in [6.45, 7) is 2.33. The molecule has 3 atom stereocenters. The summed E-state index contributed by atoms with van der Waals surface area (Å²) in [5, 5.41) is 6.54. The van der Waals surface area contributed by atoms with E-state index in [1.807, 2.05) is 0 Å². The van der Waals surface area contributed by atoms with Gasteiger partial charge in [-0.25, -0.2) is 16.3 Å². The van der Waals surface area contributed by atoms with Gasteiger partial charge in [0.2, 0.25) is 0 Å². The zero-order valence-corrected chi connectivity index (χ0v) is 14.3. The van der Waals surface area contributed by atoms with E-state index in [9.17, 15) is 0 Å². The number of nitrogens with one attached hydrogen (secondary N) is 4. The zero-order valence-electron chi connectivity index (χ0n) is 13.5. The Hall–Kier alpha value is 0.150. The molecule has 1 aliphatic carbocycles. The molecular weight excluding hydrogens is 294 g/mol.